The molecule has 2 rings (SSSR count). The zero-order chi connectivity index (χ0) is 21.8. The first-order chi connectivity index (χ1) is 14.6. The van der Waals surface area contributed by atoms with Crippen LogP contribution in [0.5, 0.6) is 11.5 Å². The lowest BCUT2D eigenvalue weighted by Gasteiger charge is -2.22. The van der Waals surface area contributed by atoms with Crippen LogP contribution in [0.4, 0.5) is 0 Å². The lowest BCUT2D eigenvalue weighted by Crippen LogP contribution is -2.41. The number of amides is 1. The summed E-state index contributed by atoms with van der Waals surface area (Å²) in [6, 6.07) is 6.23. The first-order valence-corrected chi connectivity index (χ1v) is 11.3. The highest BCUT2D eigenvalue weighted by atomic mass is 16.5. The summed E-state index contributed by atoms with van der Waals surface area (Å²) in [4.78, 5) is 16.8. The summed E-state index contributed by atoms with van der Waals surface area (Å²) in [5, 5.41) is 9.70. The molecule has 7 nitrogen and oxygen atoms in total. The number of guanidine groups is 1. The summed E-state index contributed by atoms with van der Waals surface area (Å²) in [5.41, 5.74) is 1.05. The van der Waals surface area contributed by atoms with Crippen LogP contribution in [-0.2, 0) is 4.79 Å². The van der Waals surface area contributed by atoms with E-state index in [1.165, 1.54) is 19.3 Å². The van der Waals surface area contributed by atoms with Gasteiger partial charge in [-0.25, -0.2) is 4.99 Å². The molecule has 1 amide bonds. The highest BCUT2D eigenvalue weighted by Crippen LogP contribution is 2.30. The minimum atomic E-state index is -0.0218. The Kier molecular flexibility index (Phi) is 10.3. The molecule has 1 aromatic rings. The number of nitrogens with one attached hydrogen (secondary N) is 3. The van der Waals surface area contributed by atoms with Crippen molar-refractivity contribution >= 4 is 11.9 Å². The van der Waals surface area contributed by atoms with Gasteiger partial charge < -0.3 is 25.4 Å². The van der Waals surface area contributed by atoms with Crippen molar-refractivity contribution in [3.63, 3.8) is 0 Å². The summed E-state index contributed by atoms with van der Waals surface area (Å²) in [6.07, 6.45) is 5.81. The quantitative estimate of drug-likeness (QED) is 0.400. The van der Waals surface area contributed by atoms with Crippen LogP contribution in [0.3, 0.4) is 0 Å². The van der Waals surface area contributed by atoms with Crippen molar-refractivity contribution in [3.8, 4) is 11.5 Å². The normalized spacial score (nSPS) is 15.9. The molecule has 7 heteroatoms. The zero-order valence-electron chi connectivity index (χ0n) is 18.9. The van der Waals surface area contributed by atoms with Gasteiger partial charge in [0, 0.05) is 12.6 Å². The third-order valence-electron chi connectivity index (χ3n) is 5.12. The molecule has 0 aliphatic heterocycles. The number of carbonyl (C=O) groups is 1. The highest BCUT2D eigenvalue weighted by molar-refractivity contribution is 5.85. The molecule has 1 aliphatic carbocycles. The van der Waals surface area contributed by atoms with Crippen molar-refractivity contribution in [2.24, 2.45) is 4.99 Å². The first kappa shape index (κ1) is 23.8. The van der Waals surface area contributed by atoms with E-state index >= 15 is 0 Å². The Balaban J connectivity index is 1.99. The maximum Gasteiger partial charge on any atom is 0.242 e. The fourth-order valence-corrected chi connectivity index (χ4v) is 3.62. The van der Waals surface area contributed by atoms with E-state index in [0.29, 0.717) is 25.2 Å². The summed E-state index contributed by atoms with van der Waals surface area (Å²) in [5.74, 6) is 2.08. The number of benzene rings is 1. The van der Waals surface area contributed by atoms with E-state index in [4.69, 9.17) is 9.47 Å². The van der Waals surface area contributed by atoms with Crippen LogP contribution in [0.25, 0.3) is 0 Å². The third kappa shape index (κ3) is 7.76. The Bertz CT molecular complexity index is 687. The maximum absolute atomic E-state index is 12.3. The molecule has 0 radical (unpaired) electrons. The van der Waals surface area contributed by atoms with Crippen molar-refractivity contribution in [1.82, 2.24) is 16.0 Å². The average molecular weight is 419 g/mol. The lowest BCUT2D eigenvalue weighted by molar-refractivity contribution is -0.120. The topological polar surface area (TPSA) is 84.0 Å². The van der Waals surface area contributed by atoms with Gasteiger partial charge >= 0.3 is 0 Å². The number of carbonyl (C=O) groups excluding carboxylic acids is 1. The van der Waals surface area contributed by atoms with Crippen LogP contribution in [0.15, 0.2) is 23.2 Å². The smallest absolute Gasteiger partial charge is 0.242 e. The minimum absolute atomic E-state index is 0.0147. The molecule has 0 aromatic heterocycles. The molecule has 0 heterocycles. The fraction of sp³-hybridized carbons (Fsp3) is 0.652. The van der Waals surface area contributed by atoms with Gasteiger partial charge in [-0.05, 0) is 58.2 Å². The zero-order valence-corrected chi connectivity index (χ0v) is 18.9. The van der Waals surface area contributed by atoms with Gasteiger partial charge in [0.25, 0.3) is 0 Å². The number of ether oxygens (including phenoxy) is 2. The Hall–Kier alpha value is -2.44. The molecule has 3 N–H and O–H groups in total. The molecule has 1 atom stereocenters. The van der Waals surface area contributed by atoms with Crippen molar-refractivity contribution in [2.45, 2.75) is 71.9 Å². The van der Waals surface area contributed by atoms with Crippen LogP contribution in [0.1, 0.15) is 71.4 Å². The highest BCUT2D eigenvalue weighted by Gasteiger charge is 2.16. The Morgan fingerprint density at radius 3 is 2.47 bits per heavy atom. The number of hydrogen-bond donors (Lipinski definition) is 3. The molecule has 0 bridgehead atoms. The van der Waals surface area contributed by atoms with E-state index in [9.17, 15) is 4.79 Å². The molecular formula is C23H38N4O3. The van der Waals surface area contributed by atoms with Gasteiger partial charge in [-0.2, -0.15) is 0 Å². The molecule has 0 spiro atoms. The number of aliphatic imine (C=N–C) groups is 1. The van der Waals surface area contributed by atoms with Gasteiger partial charge in [0.05, 0.1) is 19.3 Å². The summed E-state index contributed by atoms with van der Waals surface area (Å²) in [7, 11) is 0. The van der Waals surface area contributed by atoms with Gasteiger partial charge in [-0.15, -0.1) is 0 Å². The molecule has 30 heavy (non-hydrogen) atoms. The monoisotopic (exact) mass is 418 g/mol. The maximum atomic E-state index is 12.3. The molecule has 168 valence electrons. The minimum Gasteiger partial charge on any atom is -0.490 e. The predicted octanol–water partition coefficient (Wildman–Crippen LogP) is 3.55. The summed E-state index contributed by atoms with van der Waals surface area (Å²) >= 11 is 0. The largest absolute Gasteiger partial charge is 0.490 e. The van der Waals surface area contributed by atoms with Crippen LogP contribution in [0, 0.1) is 0 Å². The standard InChI is InChI=1S/C23H38N4O3/c1-5-24-23(25-16-22(28)27-19-11-9-8-10-12-19)26-17(4)18-13-14-20(29-6-2)21(15-18)30-7-3/h13-15,17,19H,5-12,16H2,1-4H3,(H,27,28)(H2,24,25,26). The van der Waals surface area contributed by atoms with E-state index in [0.717, 1.165) is 36.4 Å². The van der Waals surface area contributed by atoms with Gasteiger partial charge in [0.15, 0.2) is 17.5 Å². The molecule has 1 aliphatic rings. The van der Waals surface area contributed by atoms with Gasteiger partial charge in [-0.1, -0.05) is 25.3 Å². The average Bonchev–Trinajstić information content (AvgIpc) is 2.74. The lowest BCUT2D eigenvalue weighted by atomic mass is 9.95. The molecule has 1 unspecified atom stereocenters. The van der Waals surface area contributed by atoms with Crippen molar-refractivity contribution in [1.29, 1.82) is 0 Å². The van der Waals surface area contributed by atoms with Crippen LogP contribution in [-0.4, -0.2) is 44.2 Å². The van der Waals surface area contributed by atoms with Crippen molar-refractivity contribution in [2.75, 3.05) is 26.3 Å². The summed E-state index contributed by atoms with van der Waals surface area (Å²) < 4.78 is 11.4. The number of rotatable bonds is 10. The van der Waals surface area contributed by atoms with E-state index in [2.05, 4.69) is 27.9 Å². The van der Waals surface area contributed by atoms with Gasteiger partial charge in [0.1, 0.15) is 6.54 Å². The third-order valence-corrected chi connectivity index (χ3v) is 5.12. The van der Waals surface area contributed by atoms with E-state index in [1.807, 2.05) is 39.0 Å². The first-order valence-electron chi connectivity index (χ1n) is 11.3. The van der Waals surface area contributed by atoms with Gasteiger partial charge in [0.2, 0.25) is 5.91 Å². The second kappa shape index (κ2) is 13.0. The number of hydrogen-bond acceptors (Lipinski definition) is 4. The molecule has 1 aromatic carbocycles. The Morgan fingerprint density at radius 2 is 1.80 bits per heavy atom. The molecule has 1 fully saturated rings. The molecule has 0 saturated heterocycles. The van der Waals surface area contributed by atoms with Crippen LogP contribution < -0.4 is 25.4 Å². The van der Waals surface area contributed by atoms with Crippen LogP contribution in [0.2, 0.25) is 0 Å². The second-order valence-corrected chi connectivity index (χ2v) is 7.54. The SMILES string of the molecule is CCNC(=NCC(=O)NC1CCCCC1)NC(C)c1ccc(OCC)c(OCC)c1. The Morgan fingerprint density at radius 1 is 1.10 bits per heavy atom. The van der Waals surface area contributed by atoms with Crippen molar-refractivity contribution < 1.29 is 14.3 Å². The van der Waals surface area contributed by atoms with E-state index in [-0.39, 0.29) is 18.5 Å². The number of nitrogens with zero attached hydrogens (tertiary/aromatic N) is 1. The predicted molar refractivity (Wildman–Crippen MR) is 121 cm³/mol. The van der Waals surface area contributed by atoms with E-state index < -0.39 is 0 Å². The molecule has 1 saturated carbocycles. The van der Waals surface area contributed by atoms with Crippen molar-refractivity contribution in [3.05, 3.63) is 23.8 Å². The van der Waals surface area contributed by atoms with Gasteiger partial charge in [-0.3, -0.25) is 4.79 Å². The van der Waals surface area contributed by atoms with E-state index in [1.54, 1.807) is 0 Å². The fourth-order valence-electron chi connectivity index (χ4n) is 3.62. The second-order valence-electron chi connectivity index (χ2n) is 7.54. The Labute approximate surface area is 181 Å². The summed E-state index contributed by atoms with van der Waals surface area (Å²) in [6.45, 7) is 9.98. The van der Waals surface area contributed by atoms with Crippen LogP contribution >= 0.6 is 0 Å². The molecular weight excluding hydrogens is 380 g/mol.